The number of aromatic nitrogens is 5. The van der Waals surface area contributed by atoms with Crippen molar-refractivity contribution in [2.24, 2.45) is 0 Å². The monoisotopic (exact) mass is 382 g/mol. The molecule has 0 aliphatic rings. The number of H-pyrrole nitrogens is 2. The molecular weight excluding hydrogens is 368 g/mol. The van der Waals surface area contributed by atoms with Gasteiger partial charge >= 0.3 is 5.69 Å². The second-order valence-electron chi connectivity index (χ2n) is 5.70. The Hall–Kier alpha value is -3.40. The number of benzene rings is 1. The van der Waals surface area contributed by atoms with Crippen molar-refractivity contribution in [3.63, 3.8) is 0 Å². The Balaban J connectivity index is 1.43. The van der Waals surface area contributed by atoms with Crippen molar-refractivity contribution < 1.29 is 9.21 Å². The van der Waals surface area contributed by atoms with Crippen LogP contribution < -0.4 is 11.0 Å². The quantitative estimate of drug-likeness (QED) is 0.452. The van der Waals surface area contributed by atoms with Crippen LogP contribution in [0.3, 0.4) is 0 Å². The third kappa shape index (κ3) is 3.75. The van der Waals surface area contributed by atoms with Gasteiger partial charge in [0.25, 0.3) is 5.22 Å². The van der Waals surface area contributed by atoms with Gasteiger partial charge in [-0.2, -0.15) is 0 Å². The zero-order valence-electron chi connectivity index (χ0n) is 14.1. The Morgan fingerprint density at radius 1 is 1.22 bits per heavy atom. The smallest absolute Gasteiger partial charge is 0.323 e. The molecule has 4 rings (SSSR count). The summed E-state index contributed by atoms with van der Waals surface area (Å²) in [5.74, 6) is 0.124. The summed E-state index contributed by atoms with van der Waals surface area (Å²) in [6.07, 6.45) is 3.28. The Morgan fingerprint density at radius 3 is 2.89 bits per heavy atom. The number of pyridine rings is 1. The Kier molecular flexibility index (Phi) is 4.47. The standard InChI is InChI=1S/C17H14N6O3S/c1-9(27-17-23-22-15(26-17)10-3-2-6-18-8-10)14(24)19-11-4-5-12-13(7-11)21-16(25)20-12/h2-9H,1H3,(H,19,24)(H2,20,21,25)/t9-/m1/s1. The van der Waals surface area contributed by atoms with Crippen molar-refractivity contribution in [3.05, 3.63) is 53.2 Å². The number of thioether (sulfide) groups is 1. The average molecular weight is 382 g/mol. The average Bonchev–Trinajstić information content (AvgIpc) is 3.27. The van der Waals surface area contributed by atoms with E-state index in [1.165, 1.54) is 0 Å². The van der Waals surface area contributed by atoms with Crippen LogP contribution in [0.2, 0.25) is 0 Å². The van der Waals surface area contributed by atoms with Crippen LogP contribution in [0.1, 0.15) is 6.92 Å². The van der Waals surface area contributed by atoms with Gasteiger partial charge in [-0.1, -0.05) is 11.8 Å². The first-order valence-corrected chi connectivity index (χ1v) is 8.90. The van der Waals surface area contributed by atoms with Gasteiger partial charge in [0.15, 0.2) is 0 Å². The van der Waals surface area contributed by atoms with Crippen molar-refractivity contribution in [3.8, 4) is 11.5 Å². The van der Waals surface area contributed by atoms with Crippen LogP contribution in [0.4, 0.5) is 5.69 Å². The third-order valence-electron chi connectivity index (χ3n) is 3.75. The lowest BCUT2D eigenvalue weighted by Crippen LogP contribution is -2.22. The Bertz CT molecular complexity index is 1150. The highest BCUT2D eigenvalue weighted by atomic mass is 32.2. The first-order chi connectivity index (χ1) is 13.1. The van der Waals surface area contributed by atoms with Crippen LogP contribution in [0.5, 0.6) is 0 Å². The number of aromatic amines is 2. The summed E-state index contributed by atoms with van der Waals surface area (Å²) >= 11 is 1.16. The number of fused-ring (bicyclic) bond motifs is 1. The van der Waals surface area contributed by atoms with Gasteiger partial charge in [0, 0.05) is 18.1 Å². The molecule has 0 aliphatic heterocycles. The number of hydrogen-bond acceptors (Lipinski definition) is 7. The molecule has 0 spiro atoms. The van der Waals surface area contributed by atoms with Crippen molar-refractivity contribution in [1.29, 1.82) is 0 Å². The Labute approximate surface area is 156 Å². The molecule has 4 aromatic rings. The number of rotatable bonds is 5. The number of carbonyl (C=O) groups is 1. The van der Waals surface area contributed by atoms with E-state index in [4.69, 9.17) is 4.42 Å². The largest absolute Gasteiger partial charge is 0.411 e. The van der Waals surface area contributed by atoms with E-state index in [9.17, 15) is 9.59 Å². The molecule has 1 atom stereocenters. The van der Waals surface area contributed by atoms with E-state index in [1.54, 1.807) is 43.6 Å². The van der Waals surface area contributed by atoms with Crippen LogP contribution >= 0.6 is 11.8 Å². The molecular formula is C17H14N6O3S. The second-order valence-corrected chi connectivity index (χ2v) is 7.00. The molecule has 1 amide bonds. The number of imidazole rings is 1. The highest BCUT2D eigenvalue weighted by Gasteiger charge is 2.19. The van der Waals surface area contributed by atoms with Crippen LogP contribution in [-0.4, -0.2) is 36.3 Å². The number of hydrogen-bond donors (Lipinski definition) is 3. The normalized spacial score (nSPS) is 12.2. The van der Waals surface area contributed by atoms with Crippen molar-refractivity contribution >= 4 is 34.4 Å². The number of amides is 1. The summed E-state index contributed by atoms with van der Waals surface area (Å²) in [5.41, 5.74) is 2.29. The lowest BCUT2D eigenvalue weighted by molar-refractivity contribution is -0.115. The maximum atomic E-state index is 12.4. The summed E-state index contributed by atoms with van der Waals surface area (Å²) < 4.78 is 5.58. The van der Waals surface area contributed by atoms with Gasteiger partial charge in [-0.15, -0.1) is 10.2 Å². The van der Waals surface area contributed by atoms with Gasteiger partial charge in [0.05, 0.1) is 21.8 Å². The first-order valence-electron chi connectivity index (χ1n) is 8.02. The number of nitrogens with zero attached hydrogens (tertiary/aromatic N) is 3. The van der Waals surface area contributed by atoms with E-state index >= 15 is 0 Å². The van der Waals surface area contributed by atoms with Gasteiger partial charge in [-0.05, 0) is 37.3 Å². The van der Waals surface area contributed by atoms with Crippen molar-refractivity contribution in [2.75, 3.05) is 5.32 Å². The second kappa shape index (κ2) is 7.08. The molecule has 0 saturated carbocycles. The number of nitrogens with one attached hydrogen (secondary N) is 3. The minimum Gasteiger partial charge on any atom is -0.411 e. The minimum absolute atomic E-state index is 0.224. The SMILES string of the molecule is C[C@@H](Sc1nnc(-c2cccnc2)o1)C(=O)Nc1ccc2[nH]c(=O)[nH]c2c1. The predicted octanol–water partition coefficient (Wildman–Crippen LogP) is 2.42. The highest BCUT2D eigenvalue weighted by Crippen LogP contribution is 2.26. The molecule has 3 heterocycles. The summed E-state index contributed by atoms with van der Waals surface area (Å²) in [4.78, 5) is 33.0. The van der Waals surface area contributed by atoms with E-state index < -0.39 is 5.25 Å². The lowest BCUT2D eigenvalue weighted by Gasteiger charge is -2.09. The molecule has 1 aromatic carbocycles. The van der Waals surface area contributed by atoms with Crippen molar-refractivity contribution in [1.82, 2.24) is 25.1 Å². The molecule has 9 nitrogen and oxygen atoms in total. The molecule has 0 radical (unpaired) electrons. The van der Waals surface area contributed by atoms with Gasteiger partial charge < -0.3 is 19.7 Å². The zero-order chi connectivity index (χ0) is 18.8. The number of anilines is 1. The van der Waals surface area contributed by atoms with E-state index in [0.717, 1.165) is 11.8 Å². The fourth-order valence-electron chi connectivity index (χ4n) is 2.42. The van der Waals surface area contributed by atoms with Crippen LogP contribution in [0.15, 0.2) is 57.2 Å². The van der Waals surface area contributed by atoms with Gasteiger partial charge in [-0.25, -0.2) is 4.79 Å². The molecule has 136 valence electrons. The van der Waals surface area contributed by atoms with Gasteiger partial charge in [-0.3, -0.25) is 9.78 Å². The van der Waals surface area contributed by atoms with Gasteiger partial charge in [0.2, 0.25) is 11.8 Å². The zero-order valence-corrected chi connectivity index (χ0v) is 14.9. The predicted molar refractivity (Wildman–Crippen MR) is 100 cm³/mol. The van der Waals surface area contributed by atoms with E-state index in [-0.39, 0.29) is 11.6 Å². The topological polar surface area (TPSA) is 130 Å². The van der Waals surface area contributed by atoms with E-state index in [0.29, 0.717) is 33.4 Å². The molecule has 0 aliphatic carbocycles. The summed E-state index contributed by atoms with van der Waals surface area (Å²) in [6, 6.07) is 8.72. The van der Waals surface area contributed by atoms with Crippen LogP contribution in [0, 0.1) is 0 Å². The molecule has 10 heteroatoms. The Morgan fingerprint density at radius 2 is 2.07 bits per heavy atom. The fraction of sp³-hybridized carbons (Fsp3) is 0.118. The van der Waals surface area contributed by atoms with Crippen LogP contribution in [-0.2, 0) is 4.79 Å². The maximum Gasteiger partial charge on any atom is 0.323 e. The number of carbonyl (C=O) groups excluding carboxylic acids is 1. The van der Waals surface area contributed by atoms with E-state index in [1.807, 2.05) is 6.07 Å². The third-order valence-corrected chi connectivity index (χ3v) is 4.68. The molecule has 27 heavy (non-hydrogen) atoms. The highest BCUT2D eigenvalue weighted by molar-refractivity contribution is 8.00. The summed E-state index contributed by atoms with van der Waals surface area (Å²) in [7, 11) is 0. The molecule has 0 fully saturated rings. The van der Waals surface area contributed by atoms with Gasteiger partial charge in [0.1, 0.15) is 0 Å². The molecule has 0 bridgehead atoms. The van der Waals surface area contributed by atoms with Crippen molar-refractivity contribution in [2.45, 2.75) is 17.4 Å². The fourth-order valence-corrected chi connectivity index (χ4v) is 3.11. The van der Waals surface area contributed by atoms with Crippen LogP contribution in [0.25, 0.3) is 22.5 Å². The first kappa shape index (κ1) is 17.0. The molecule has 3 aromatic heterocycles. The molecule has 0 saturated heterocycles. The van der Waals surface area contributed by atoms with E-state index in [2.05, 4.69) is 30.5 Å². The lowest BCUT2D eigenvalue weighted by atomic mass is 10.2. The molecule has 3 N–H and O–H groups in total. The summed E-state index contributed by atoms with van der Waals surface area (Å²) in [5, 5.41) is 10.6. The summed E-state index contributed by atoms with van der Waals surface area (Å²) in [6.45, 7) is 1.74. The minimum atomic E-state index is -0.465. The maximum absolute atomic E-state index is 12.4. The molecule has 0 unspecified atom stereocenters.